The van der Waals surface area contributed by atoms with E-state index in [2.05, 4.69) is 20.0 Å². The summed E-state index contributed by atoms with van der Waals surface area (Å²) in [6.07, 6.45) is 5.97. The molecule has 4 nitrogen and oxygen atoms in total. The van der Waals surface area contributed by atoms with E-state index in [0.29, 0.717) is 5.82 Å². The third-order valence-electron chi connectivity index (χ3n) is 6.79. The Labute approximate surface area is 159 Å². The lowest BCUT2D eigenvalue weighted by Crippen LogP contribution is -2.45. The van der Waals surface area contributed by atoms with Crippen LogP contribution in [0.3, 0.4) is 0 Å². The predicted molar refractivity (Wildman–Crippen MR) is 98.5 cm³/mol. The van der Waals surface area contributed by atoms with Crippen molar-refractivity contribution in [2.75, 3.05) is 31.1 Å². The van der Waals surface area contributed by atoms with E-state index in [0.717, 1.165) is 49.9 Å². The van der Waals surface area contributed by atoms with Crippen LogP contribution in [0.25, 0.3) is 0 Å². The average molecular weight is 382 g/mol. The van der Waals surface area contributed by atoms with Crippen molar-refractivity contribution in [1.82, 2.24) is 15.1 Å². The third kappa shape index (κ3) is 4.55. The number of aromatic nitrogens is 2. The van der Waals surface area contributed by atoms with Crippen LogP contribution in [0.2, 0.25) is 0 Å². The zero-order valence-corrected chi connectivity index (χ0v) is 15.8. The lowest BCUT2D eigenvalue weighted by atomic mass is 9.81. The molecule has 3 aliphatic rings. The Bertz CT molecular complexity index is 599. The topological polar surface area (TPSA) is 32.3 Å². The molecule has 0 aromatic carbocycles. The normalized spacial score (nSPS) is 24.2. The predicted octanol–water partition coefficient (Wildman–Crippen LogP) is 4.37. The molecule has 0 spiro atoms. The maximum Gasteiger partial charge on any atom is 0.435 e. The van der Waals surface area contributed by atoms with Crippen LogP contribution in [0.4, 0.5) is 19.0 Å². The highest BCUT2D eigenvalue weighted by atomic mass is 19.4. The van der Waals surface area contributed by atoms with Gasteiger partial charge in [0.15, 0.2) is 11.5 Å². The highest BCUT2D eigenvalue weighted by Gasteiger charge is 2.34. The quantitative estimate of drug-likeness (QED) is 0.774. The van der Waals surface area contributed by atoms with Gasteiger partial charge in [-0.25, -0.2) is 0 Å². The van der Waals surface area contributed by atoms with Gasteiger partial charge in [0.05, 0.1) is 0 Å². The molecule has 0 unspecified atom stereocenters. The third-order valence-corrected chi connectivity index (χ3v) is 6.79. The van der Waals surface area contributed by atoms with Crippen molar-refractivity contribution in [3.05, 3.63) is 17.8 Å². The number of hydrogen-bond donors (Lipinski definition) is 0. The van der Waals surface area contributed by atoms with Crippen LogP contribution in [-0.2, 0) is 6.18 Å². The summed E-state index contributed by atoms with van der Waals surface area (Å²) in [5.74, 6) is 2.16. The second-order valence-corrected chi connectivity index (χ2v) is 8.50. The molecular weight excluding hydrogens is 353 g/mol. The largest absolute Gasteiger partial charge is 0.435 e. The van der Waals surface area contributed by atoms with Crippen LogP contribution in [0.5, 0.6) is 0 Å². The first-order valence-corrected chi connectivity index (χ1v) is 10.4. The molecular formula is C20H29F3N4. The summed E-state index contributed by atoms with van der Waals surface area (Å²) in [5.41, 5.74) is -0.922. The molecule has 4 rings (SSSR count). The highest BCUT2D eigenvalue weighted by molar-refractivity contribution is 5.38. The lowest BCUT2D eigenvalue weighted by Gasteiger charge is -2.42. The van der Waals surface area contributed by atoms with Gasteiger partial charge in [-0.2, -0.15) is 13.2 Å². The Morgan fingerprint density at radius 3 is 1.96 bits per heavy atom. The van der Waals surface area contributed by atoms with Crippen molar-refractivity contribution in [2.24, 2.45) is 11.8 Å². The zero-order valence-electron chi connectivity index (χ0n) is 15.8. The van der Waals surface area contributed by atoms with E-state index < -0.39 is 11.9 Å². The summed E-state index contributed by atoms with van der Waals surface area (Å²) < 4.78 is 37.8. The standard InChI is InChI=1S/C20H29F3N4/c21-20(22,23)18-4-5-19(25-24-18)27-12-8-16(9-13-27)14-15-6-10-26(11-7-15)17-2-1-3-17/h4-5,15-17H,1-3,6-14H2. The Kier molecular flexibility index (Phi) is 5.58. The first-order valence-electron chi connectivity index (χ1n) is 10.4. The summed E-state index contributed by atoms with van der Waals surface area (Å²) in [4.78, 5) is 4.77. The van der Waals surface area contributed by atoms with Gasteiger partial charge in [0.1, 0.15) is 0 Å². The van der Waals surface area contributed by atoms with Crippen LogP contribution in [0, 0.1) is 11.8 Å². The fourth-order valence-electron chi connectivity index (χ4n) is 4.82. The van der Waals surface area contributed by atoms with E-state index >= 15 is 0 Å². The van der Waals surface area contributed by atoms with Gasteiger partial charge in [0.25, 0.3) is 0 Å². The molecule has 1 aliphatic carbocycles. The van der Waals surface area contributed by atoms with Crippen LogP contribution in [0.1, 0.15) is 57.1 Å². The summed E-state index contributed by atoms with van der Waals surface area (Å²) in [6, 6.07) is 3.36. The Morgan fingerprint density at radius 2 is 1.48 bits per heavy atom. The van der Waals surface area contributed by atoms with Crippen molar-refractivity contribution < 1.29 is 13.2 Å². The van der Waals surface area contributed by atoms with Crippen molar-refractivity contribution in [3.63, 3.8) is 0 Å². The molecule has 0 bridgehead atoms. The van der Waals surface area contributed by atoms with E-state index in [1.54, 1.807) is 0 Å². The lowest BCUT2D eigenvalue weighted by molar-refractivity contribution is -0.141. The molecule has 3 heterocycles. The number of likely N-dealkylation sites (tertiary alicyclic amines) is 1. The number of halogens is 3. The number of piperidine rings is 2. The van der Waals surface area contributed by atoms with Crippen molar-refractivity contribution in [2.45, 2.75) is 63.6 Å². The minimum absolute atomic E-state index is 0.565. The van der Waals surface area contributed by atoms with Crippen LogP contribution in [0.15, 0.2) is 12.1 Å². The van der Waals surface area contributed by atoms with E-state index in [4.69, 9.17) is 0 Å². The molecule has 2 aliphatic heterocycles. The van der Waals surface area contributed by atoms with Crippen LogP contribution in [-0.4, -0.2) is 47.3 Å². The molecule has 1 saturated carbocycles. The molecule has 150 valence electrons. The molecule has 3 fully saturated rings. The van der Waals surface area contributed by atoms with Crippen LogP contribution >= 0.6 is 0 Å². The van der Waals surface area contributed by atoms with Crippen molar-refractivity contribution in [3.8, 4) is 0 Å². The van der Waals surface area contributed by atoms with Gasteiger partial charge in [-0.15, -0.1) is 10.2 Å². The van der Waals surface area contributed by atoms with E-state index in [9.17, 15) is 13.2 Å². The minimum Gasteiger partial charge on any atom is -0.355 e. The van der Waals surface area contributed by atoms with Gasteiger partial charge in [-0.3, -0.25) is 0 Å². The molecule has 2 saturated heterocycles. The number of alkyl halides is 3. The van der Waals surface area contributed by atoms with Crippen molar-refractivity contribution in [1.29, 1.82) is 0 Å². The number of nitrogens with zero attached hydrogens (tertiary/aromatic N) is 4. The Morgan fingerprint density at radius 1 is 0.852 bits per heavy atom. The van der Waals surface area contributed by atoms with Gasteiger partial charge in [0, 0.05) is 19.1 Å². The highest BCUT2D eigenvalue weighted by Crippen LogP contribution is 2.34. The molecule has 0 amide bonds. The number of rotatable bonds is 4. The summed E-state index contributed by atoms with van der Waals surface area (Å²) in [5, 5.41) is 7.15. The van der Waals surface area contributed by atoms with Gasteiger partial charge in [-0.05, 0) is 82.0 Å². The zero-order chi connectivity index (χ0) is 18.9. The molecule has 0 N–H and O–H groups in total. The van der Waals surface area contributed by atoms with Crippen LogP contribution < -0.4 is 4.90 Å². The number of hydrogen-bond acceptors (Lipinski definition) is 4. The summed E-state index contributed by atoms with van der Waals surface area (Å²) in [6.45, 7) is 4.28. The first kappa shape index (κ1) is 19.0. The van der Waals surface area contributed by atoms with Gasteiger partial charge < -0.3 is 9.80 Å². The monoisotopic (exact) mass is 382 g/mol. The Hall–Kier alpha value is -1.37. The second-order valence-electron chi connectivity index (χ2n) is 8.50. The van der Waals surface area contributed by atoms with Gasteiger partial charge >= 0.3 is 6.18 Å². The fraction of sp³-hybridized carbons (Fsp3) is 0.800. The van der Waals surface area contributed by atoms with E-state index in [-0.39, 0.29) is 0 Å². The molecule has 1 aromatic heterocycles. The van der Waals surface area contributed by atoms with Gasteiger partial charge in [-0.1, -0.05) is 6.42 Å². The maximum absolute atomic E-state index is 12.6. The second kappa shape index (κ2) is 7.94. The molecule has 1 aromatic rings. The molecule has 27 heavy (non-hydrogen) atoms. The number of anilines is 1. The smallest absolute Gasteiger partial charge is 0.355 e. The van der Waals surface area contributed by atoms with E-state index in [1.165, 1.54) is 57.7 Å². The van der Waals surface area contributed by atoms with Gasteiger partial charge in [0.2, 0.25) is 0 Å². The van der Waals surface area contributed by atoms with Crippen molar-refractivity contribution >= 4 is 5.82 Å². The average Bonchev–Trinajstić information content (AvgIpc) is 2.62. The SMILES string of the molecule is FC(F)(F)c1ccc(N2CCC(CC3CCN(C4CCC4)CC3)CC2)nn1. The molecule has 0 radical (unpaired) electrons. The maximum atomic E-state index is 12.6. The first-order chi connectivity index (χ1) is 13.0. The minimum atomic E-state index is -4.42. The van der Waals surface area contributed by atoms with E-state index in [1.807, 2.05) is 0 Å². The molecule has 0 atom stereocenters. The Balaban J connectivity index is 1.21. The fourth-order valence-corrected chi connectivity index (χ4v) is 4.82. The summed E-state index contributed by atoms with van der Waals surface area (Å²) in [7, 11) is 0. The summed E-state index contributed by atoms with van der Waals surface area (Å²) >= 11 is 0. The molecule has 7 heteroatoms.